The third-order valence-corrected chi connectivity index (χ3v) is 4.51. The molecule has 0 radical (unpaired) electrons. The Balaban J connectivity index is 1.74. The predicted molar refractivity (Wildman–Crippen MR) is 85.9 cm³/mol. The van der Waals surface area contributed by atoms with E-state index in [4.69, 9.17) is 0 Å². The van der Waals surface area contributed by atoms with Gasteiger partial charge in [0.15, 0.2) is 0 Å². The van der Waals surface area contributed by atoms with Crippen LogP contribution in [0.5, 0.6) is 0 Å². The molecule has 1 N–H and O–H groups in total. The third-order valence-electron chi connectivity index (χ3n) is 3.45. The van der Waals surface area contributed by atoms with Crippen LogP contribution in [0.4, 0.5) is 0 Å². The van der Waals surface area contributed by atoms with E-state index in [9.17, 15) is 0 Å². The molecule has 1 unspecified atom stereocenters. The molecule has 2 rings (SSSR count). The first-order valence-electron chi connectivity index (χ1n) is 7.17. The van der Waals surface area contributed by atoms with Crippen molar-refractivity contribution in [3.8, 4) is 0 Å². The Morgan fingerprint density at radius 1 is 1.30 bits per heavy atom. The number of nitrogens with one attached hydrogen (secondary N) is 1. The molecule has 0 saturated carbocycles. The number of nitrogens with zero attached hydrogens (tertiary/aromatic N) is 2. The molecule has 2 aromatic heterocycles. The summed E-state index contributed by atoms with van der Waals surface area (Å²) < 4.78 is 0. The molecule has 2 aromatic rings. The molecule has 20 heavy (non-hydrogen) atoms. The van der Waals surface area contributed by atoms with Crippen LogP contribution >= 0.6 is 11.3 Å². The van der Waals surface area contributed by atoms with E-state index in [0.29, 0.717) is 6.04 Å². The molecule has 4 heteroatoms. The van der Waals surface area contributed by atoms with Gasteiger partial charge in [-0.15, -0.1) is 11.3 Å². The van der Waals surface area contributed by atoms with Crippen molar-refractivity contribution >= 4 is 11.3 Å². The molecule has 108 valence electrons. The minimum atomic E-state index is 0.439. The molecular weight excluding hydrogens is 266 g/mol. The minimum Gasteiger partial charge on any atom is -0.308 e. The highest BCUT2D eigenvalue weighted by atomic mass is 32.1. The summed E-state index contributed by atoms with van der Waals surface area (Å²) in [4.78, 5) is 7.92. The number of thiophene rings is 1. The molecule has 0 aliphatic rings. The Labute approximate surface area is 125 Å². The highest BCUT2D eigenvalue weighted by Gasteiger charge is 2.07. The fourth-order valence-corrected chi connectivity index (χ4v) is 2.93. The summed E-state index contributed by atoms with van der Waals surface area (Å²) >= 11 is 1.82. The van der Waals surface area contributed by atoms with E-state index in [2.05, 4.69) is 58.7 Å². The predicted octanol–water partition coefficient (Wildman–Crippen LogP) is 3.32. The van der Waals surface area contributed by atoms with Crippen molar-refractivity contribution in [3.63, 3.8) is 0 Å². The average Bonchev–Trinajstić information content (AvgIpc) is 3.01. The van der Waals surface area contributed by atoms with Crippen molar-refractivity contribution in [1.82, 2.24) is 15.2 Å². The summed E-state index contributed by atoms with van der Waals surface area (Å²) in [5.74, 6) is 0. The maximum atomic E-state index is 4.06. The molecule has 2 heterocycles. The summed E-state index contributed by atoms with van der Waals surface area (Å²) in [6, 6.07) is 8.92. The van der Waals surface area contributed by atoms with Gasteiger partial charge in [0.25, 0.3) is 0 Å². The van der Waals surface area contributed by atoms with E-state index in [-0.39, 0.29) is 0 Å². The molecule has 0 fully saturated rings. The molecule has 0 spiro atoms. The van der Waals surface area contributed by atoms with Crippen LogP contribution in [-0.4, -0.2) is 29.5 Å². The van der Waals surface area contributed by atoms with Gasteiger partial charge in [0, 0.05) is 42.9 Å². The van der Waals surface area contributed by atoms with E-state index in [1.165, 1.54) is 10.4 Å². The van der Waals surface area contributed by atoms with Crippen molar-refractivity contribution < 1.29 is 0 Å². The molecular formula is C16H23N3S. The van der Waals surface area contributed by atoms with Crippen molar-refractivity contribution in [2.45, 2.75) is 26.4 Å². The van der Waals surface area contributed by atoms with Crippen LogP contribution in [0.2, 0.25) is 0 Å². The summed E-state index contributed by atoms with van der Waals surface area (Å²) in [6.45, 7) is 8.58. The fourth-order valence-electron chi connectivity index (χ4n) is 2.17. The van der Waals surface area contributed by atoms with Gasteiger partial charge in [-0.05, 0) is 42.6 Å². The van der Waals surface area contributed by atoms with Crippen LogP contribution in [0.25, 0.3) is 0 Å². The van der Waals surface area contributed by atoms with Gasteiger partial charge in [0.1, 0.15) is 0 Å². The fraction of sp³-hybridized carbons (Fsp3) is 0.438. The van der Waals surface area contributed by atoms with Crippen molar-refractivity contribution in [3.05, 3.63) is 52.5 Å². The van der Waals surface area contributed by atoms with Crippen LogP contribution < -0.4 is 5.32 Å². The highest BCUT2D eigenvalue weighted by molar-refractivity contribution is 7.10. The molecule has 0 saturated heterocycles. The monoisotopic (exact) mass is 289 g/mol. The zero-order valence-electron chi connectivity index (χ0n) is 12.2. The number of likely N-dealkylation sites (N-methyl/N-ethyl adjacent to an activating group) is 1. The molecule has 1 atom stereocenters. The topological polar surface area (TPSA) is 28.2 Å². The first-order valence-corrected chi connectivity index (χ1v) is 8.05. The standard InChI is InChI=1S/C16H23N3S/c1-3-19(13-15-6-8-17-9-7-15)11-10-18-14(2)16-5-4-12-20-16/h4-9,12,14,18H,3,10-11,13H2,1-2H3. The van der Waals surface area contributed by atoms with E-state index < -0.39 is 0 Å². The smallest absolute Gasteiger partial charge is 0.0386 e. The summed E-state index contributed by atoms with van der Waals surface area (Å²) in [6.07, 6.45) is 3.72. The van der Waals surface area contributed by atoms with Crippen LogP contribution in [0.3, 0.4) is 0 Å². The second-order valence-electron chi connectivity index (χ2n) is 4.92. The first-order chi connectivity index (χ1) is 9.79. The van der Waals surface area contributed by atoms with E-state index in [1.54, 1.807) is 0 Å². The Morgan fingerprint density at radius 3 is 2.75 bits per heavy atom. The largest absolute Gasteiger partial charge is 0.308 e. The Bertz CT molecular complexity index is 470. The second-order valence-corrected chi connectivity index (χ2v) is 5.89. The zero-order chi connectivity index (χ0) is 14.2. The maximum absolute atomic E-state index is 4.06. The molecule has 0 aliphatic carbocycles. The lowest BCUT2D eigenvalue weighted by Crippen LogP contribution is -2.32. The molecule has 0 aromatic carbocycles. The quantitative estimate of drug-likeness (QED) is 0.808. The Hall–Kier alpha value is -1.23. The van der Waals surface area contributed by atoms with Gasteiger partial charge in [-0.25, -0.2) is 0 Å². The van der Waals surface area contributed by atoms with E-state index >= 15 is 0 Å². The minimum absolute atomic E-state index is 0.439. The highest BCUT2D eigenvalue weighted by Crippen LogP contribution is 2.17. The molecule has 0 aliphatic heterocycles. The number of pyridine rings is 1. The maximum Gasteiger partial charge on any atom is 0.0386 e. The van der Waals surface area contributed by atoms with Gasteiger partial charge in [0.05, 0.1) is 0 Å². The number of hydrogen-bond acceptors (Lipinski definition) is 4. The Kier molecular flexibility index (Phi) is 6.18. The molecule has 3 nitrogen and oxygen atoms in total. The van der Waals surface area contributed by atoms with E-state index in [0.717, 1.165) is 26.2 Å². The molecule has 0 bridgehead atoms. The lowest BCUT2D eigenvalue weighted by Gasteiger charge is -2.22. The zero-order valence-corrected chi connectivity index (χ0v) is 13.1. The van der Waals surface area contributed by atoms with E-state index in [1.807, 2.05) is 23.7 Å². The first kappa shape index (κ1) is 15.2. The van der Waals surface area contributed by atoms with Gasteiger partial charge in [-0.2, -0.15) is 0 Å². The van der Waals surface area contributed by atoms with Gasteiger partial charge < -0.3 is 5.32 Å². The lowest BCUT2D eigenvalue weighted by molar-refractivity contribution is 0.275. The van der Waals surface area contributed by atoms with Crippen LogP contribution in [-0.2, 0) is 6.54 Å². The van der Waals surface area contributed by atoms with Crippen molar-refractivity contribution in [2.24, 2.45) is 0 Å². The van der Waals surface area contributed by atoms with Crippen LogP contribution in [0.15, 0.2) is 42.0 Å². The second kappa shape index (κ2) is 8.15. The summed E-state index contributed by atoms with van der Waals surface area (Å²) in [7, 11) is 0. The van der Waals surface area contributed by atoms with Gasteiger partial charge in [0.2, 0.25) is 0 Å². The SMILES string of the molecule is CCN(CCNC(C)c1cccs1)Cc1ccncc1. The lowest BCUT2D eigenvalue weighted by atomic mass is 10.2. The van der Waals surface area contributed by atoms with Crippen molar-refractivity contribution in [2.75, 3.05) is 19.6 Å². The number of hydrogen-bond donors (Lipinski definition) is 1. The van der Waals surface area contributed by atoms with Crippen molar-refractivity contribution in [1.29, 1.82) is 0 Å². The van der Waals surface area contributed by atoms with Gasteiger partial charge >= 0.3 is 0 Å². The molecule has 0 amide bonds. The third kappa shape index (κ3) is 4.71. The average molecular weight is 289 g/mol. The number of rotatable bonds is 8. The summed E-state index contributed by atoms with van der Waals surface area (Å²) in [5.41, 5.74) is 1.33. The normalized spacial score (nSPS) is 12.8. The van der Waals surface area contributed by atoms with Crippen LogP contribution in [0.1, 0.15) is 30.3 Å². The van der Waals surface area contributed by atoms with Gasteiger partial charge in [-0.3, -0.25) is 9.88 Å². The Morgan fingerprint density at radius 2 is 2.10 bits per heavy atom. The van der Waals surface area contributed by atoms with Gasteiger partial charge in [-0.1, -0.05) is 13.0 Å². The summed E-state index contributed by atoms with van der Waals surface area (Å²) in [5, 5.41) is 5.73. The number of aromatic nitrogens is 1. The van der Waals surface area contributed by atoms with Crippen LogP contribution in [0, 0.1) is 0 Å².